The fourth-order valence-corrected chi connectivity index (χ4v) is 6.42. The number of urea groups is 1. The lowest BCUT2D eigenvalue weighted by molar-refractivity contribution is -0.137. The highest BCUT2D eigenvalue weighted by Crippen LogP contribution is 2.39. The second-order valence-corrected chi connectivity index (χ2v) is 11.4. The number of carbonyl (C=O) groups is 2. The molecule has 0 aliphatic carbocycles. The second-order valence-electron chi connectivity index (χ2n) is 9.37. The predicted octanol–water partition coefficient (Wildman–Crippen LogP) is 4.78. The number of anilines is 1. The highest BCUT2D eigenvalue weighted by Gasteiger charge is 2.38. The lowest BCUT2D eigenvalue weighted by Gasteiger charge is -2.34. The number of nitrogens with one attached hydrogen (secondary N) is 1. The topological polar surface area (TPSA) is 115 Å². The molecule has 0 bridgehead atoms. The van der Waals surface area contributed by atoms with E-state index in [0.29, 0.717) is 19.4 Å². The van der Waals surface area contributed by atoms with Crippen molar-refractivity contribution in [1.82, 2.24) is 10.2 Å². The van der Waals surface area contributed by atoms with Crippen molar-refractivity contribution < 1.29 is 31.2 Å². The van der Waals surface area contributed by atoms with Gasteiger partial charge in [-0.3, -0.25) is 9.69 Å². The van der Waals surface area contributed by atoms with Crippen molar-refractivity contribution in [2.75, 3.05) is 23.7 Å². The summed E-state index contributed by atoms with van der Waals surface area (Å²) in [6.07, 6.45) is -3.37. The third-order valence-electron chi connectivity index (χ3n) is 6.80. The largest absolute Gasteiger partial charge is 0.416 e. The van der Waals surface area contributed by atoms with E-state index >= 15 is 0 Å². The second kappa shape index (κ2) is 11.0. The zero-order chi connectivity index (χ0) is 29.2. The molecule has 1 fully saturated rings. The fraction of sp³-hybridized carbons (Fsp3) is 0.333. The molecule has 2 aliphatic heterocycles. The molecular formula is C27H24F3N5O4S. The lowest BCUT2D eigenvalue weighted by atomic mass is 9.99. The Kier molecular flexibility index (Phi) is 7.89. The number of likely N-dealkylation sites (tertiary alicyclic amines) is 1. The Balaban J connectivity index is 1.72. The molecule has 208 valence electrons. The van der Waals surface area contributed by atoms with E-state index in [4.69, 9.17) is 6.57 Å². The van der Waals surface area contributed by atoms with Crippen molar-refractivity contribution in [2.24, 2.45) is 0 Å². The minimum absolute atomic E-state index is 0.0309. The maximum atomic E-state index is 13.5. The number of benzene rings is 2. The molecule has 0 saturated carbocycles. The number of nitriles is 1. The third kappa shape index (κ3) is 5.65. The number of halogens is 3. The standard InChI is InChI=1S/C27H24F3N5O4S/c1-17-24(32-2)25(33-26(37)35(17)20-7-3-6-19(15-20)27(28,29)30)21-10-9-18(16-31)14-22(21)40(38,39)13-5-12-34-11-4-8-23(34)36/h3,6-7,9-10,14-15,25H,4-5,8,11-13H2,1H3,(H,33,37)/t25-/m1/s1. The van der Waals surface area contributed by atoms with Gasteiger partial charge in [-0.15, -0.1) is 0 Å². The van der Waals surface area contributed by atoms with Gasteiger partial charge in [0.25, 0.3) is 0 Å². The van der Waals surface area contributed by atoms with E-state index in [9.17, 15) is 36.4 Å². The number of sulfone groups is 1. The minimum Gasteiger partial charge on any atom is -0.343 e. The van der Waals surface area contributed by atoms with Gasteiger partial charge in [0.05, 0.1) is 40.5 Å². The molecule has 1 atom stereocenters. The minimum atomic E-state index is -4.65. The molecule has 3 amide bonds. The Hall–Kier alpha value is -4.36. The van der Waals surface area contributed by atoms with Crippen molar-refractivity contribution >= 4 is 27.5 Å². The highest BCUT2D eigenvalue weighted by atomic mass is 32.2. The Morgan fingerprint density at radius 2 is 1.95 bits per heavy atom. The molecule has 1 N–H and O–H groups in total. The number of carbonyl (C=O) groups excluding carboxylic acids is 2. The van der Waals surface area contributed by atoms with Crippen LogP contribution in [0, 0.1) is 17.9 Å². The van der Waals surface area contributed by atoms with E-state index in [-0.39, 0.29) is 57.7 Å². The number of allylic oxidation sites excluding steroid dienone is 1. The first-order valence-corrected chi connectivity index (χ1v) is 13.9. The summed E-state index contributed by atoms with van der Waals surface area (Å²) in [5, 5.41) is 12.0. The van der Waals surface area contributed by atoms with Crippen LogP contribution < -0.4 is 10.2 Å². The molecule has 0 spiro atoms. The van der Waals surface area contributed by atoms with Gasteiger partial charge < -0.3 is 10.2 Å². The monoisotopic (exact) mass is 571 g/mol. The van der Waals surface area contributed by atoms with E-state index in [1.54, 1.807) is 4.90 Å². The number of amides is 3. The van der Waals surface area contributed by atoms with Crippen molar-refractivity contribution in [2.45, 2.75) is 43.3 Å². The van der Waals surface area contributed by atoms with Crippen LogP contribution in [0.4, 0.5) is 23.7 Å². The van der Waals surface area contributed by atoms with E-state index < -0.39 is 33.6 Å². The molecule has 0 radical (unpaired) electrons. The van der Waals surface area contributed by atoms with Gasteiger partial charge in [0.2, 0.25) is 11.6 Å². The van der Waals surface area contributed by atoms with Crippen molar-refractivity contribution in [3.63, 3.8) is 0 Å². The zero-order valence-corrected chi connectivity index (χ0v) is 22.1. The first-order valence-electron chi connectivity index (χ1n) is 12.3. The van der Waals surface area contributed by atoms with Crippen LogP contribution in [-0.2, 0) is 20.8 Å². The van der Waals surface area contributed by atoms with Gasteiger partial charge in [-0.2, -0.15) is 18.4 Å². The smallest absolute Gasteiger partial charge is 0.343 e. The molecule has 40 heavy (non-hydrogen) atoms. The van der Waals surface area contributed by atoms with Gasteiger partial charge in [-0.25, -0.2) is 18.1 Å². The maximum Gasteiger partial charge on any atom is 0.416 e. The maximum absolute atomic E-state index is 13.5. The van der Waals surface area contributed by atoms with E-state index in [2.05, 4.69) is 10.2 Å². The van der Waals surface area contributed by atoms with Crippen LogP contribution in [0.15, 0.2) is 58.8 Å². The van der Waals surface area contributed by atoms with Crippen LogP contribution in [0.1, 0.15) is 48.9 Å². The molecule has 2 heterocycles. The van der Waals surface area contributed by atoms with Gasteiger partial charge in [0.1, 0.15) is 0 Å². The summed E-state index contributed by atoms with van der Waals surface area (Å²) >= 11 is 0. The average molecular weight is 572 g/mol. The van der Waals surface area contributed by atoms with Gasteiger partial charge in [-0.1, -0.05) is 12.1 Å². The summed E-state index contributed by atoms with van der Waals surface area (Å²) in [6.45, 7) is 9.97. The first kappa shape index (κ1) is 28.6. The van der Waals surface area contributed by atoms with Crippen LogP contribution in [0.5, 0.6) is 0 Å². The highest BCUT2D eigenvalue weighted by molar-refractivity contribution is 7.91. The number of hydrogen-bond donors (Lipinski definition) is 1. The molecule has 2 aliphatic rings. The summed E-state index contributed by atoms with van der Waals surface area (Å²) < 4.78 is 66.8. The van der Waals surface area contributed by atoms with Crippen LogP contribution in [-0.4, -0.2) is 44.1 Å². The predicted molar refractivity (Wildman–Crippen MR) is 138 cm³/mol. The molecule has 0 aromatic heterocycles. The molecule has 2 aromatic carbocycles. The molecular weight excluding hydrogens is 547 g/mol. The summed E-state index contributed by atoms with van der Waals surface area (Å²) in [6, 6.07) is 7.76. The first-order chi connectivity index (χ1) is 18.9. The van der Waals surface area contributed by atoms with Gasteiger partial charge in [0, 0.05) is 30.9 Å². The molecule has 9 nitrogen and oxygen atoms in total. The van der Waals surface area contributed by atoms with E-state index in [1.165, 1.54) is 31.2 Å². The Bertz CT molecular complexity index is 1590. The quantitative estimate of drug-likeness (QED) is 0.480. The summed E-state index contributed by atoms with van der Waals surface area (Å²) in [5.41, 5.74) is -1.06. The Morgan fingerprint density at radius 1 is 1.20 bits per heavy atom. The summed E-state index contributed by atoms with van der Waals surface area (Å²) in [4.78, 5) is 30.9. The van der Waals surface area contributed by atoms with Crippen LogP contribution in [0.25, 0.3) is 4.85 Å². The zero-order valence-electron chi connectivity index (χ0n) is 21.3. The number of rotatable bonds is 7. The van der Waals surface area contributed by atoms with Crippen molar-refractivity contribution in [1.29, 1.82) is 5.26 Å². The van der Waals surface area contributed by atoms with Gasteiger partial charge >= 0.3 is 12.2 Å². The molecule has 13 heteroatoms. The van der Waals surface area contributed by atoms with Gasteiger partial charge in [-0.05, 0) is 55.7 Å². The van der Waals surface area contributed by atoms with E-state index in [0.717, 1.165) is 23.1 Å². The number of alkyl halides is 3. The van der Waals surface area contributed by atoms with Crippen LogP contribution in [0.3, 0.4) is 0 Å². The third-order valence-corrected chi connectivity index (χ3v) is 8.65. The number of hydrogen-bond acceptors (Lipinski definition) is 5. The fourth-order valence-electron chi connectivity index (χ4n) is 4.84. The van der Waals surface area contributed by atoms with Crippen molar-refractivity contribution in [3.05, 3.63) is 82.0 Å². The molecule has 2 aromatic rings. The SMILES string of the molecule is [C-]#[N+]C1=C(C)N(c2cccc(C(F)(F)F)c2)C(=O)N[C@@H]1c1ccc(C#N)cc1S(=O)(=O)CCCN1CCCC1=O. The Labute approximate surface area is 229 Å². The van der Waals surface area contributed by atoms with E-state index in [1.807, 2.05) is 6.07 Å². The molecule has 0 unspecified atom stereocenters. The van der Waals surface area contributed by atoms with Gasteiger partial charge in [0.15, 0.2) is 9.84 Å². The Morgan fingerprint density at radius 3 is 2.58 bits per heavy atom. The van der Waals surface area contributed by atoms with Crippen LogP contribution >= 0.6 is 0 Å². The molecule has 4 rings (SSSR count). The average Bonchev–Trinajstić information content (AvgIpc) is 3.32. The van der Waals surface area contributed by atoms with Crippen LogP contribution in [0.2, 0.25) is 0 Å². The summed E-state index contributed by atoms with van der Waals surface area (Å²) in [5.74, 6) is -0.381. The number of nitrogens with zero attached hydrogens (tertiary/aromatic N) is 4. The molecule has 1 saturated heterocycles. The van der Waals surface area contributed by atoms with Crippen molar-refractivity contribution in [3.8, 4) is 6.07 Å². The summed E-state index contributed by atoms with van der Waals surface area (Å²) in [7, 11) is -4.04. The lowest BCUT2D eigenvalue weighted by Crippen LogP contribution is -2.46. The normalized spacial score (nSPS) is 18.0.